The maximum absolute atomic E-state index is 12.8. The molecule has 0 aliphatic heterocycles. The van der Waals surface area contributed by atoms with E-state index in [-0.39, 0.29) is 11.9 Å². The minimum Gasteiger partial charge on any atom is -0.466 e. The quantitative estimate of drug-likeness (QED) is 0.0338. The number of aliphatic hydroxyl groups is 2. The summed E-state index contributed by atoms with van der Waals surface area (Å²) < 4.78 is 11.4. The molecule has 0 aliphatic carbocycles. The molecule has 0 aromatic rings. The molecule has 0 amide bonds. The molecule has 0 aromatic heterocycles. The van der Waals surface area contributed by atoms with Crippen LogP contribution in [0.5, 0.6) is 0 Å². The van der Waals surface area contributed by atoms with Crippen molar-refractivity contribution in [3.63, 3.8) is 0 Å². The number of aliphatic hydroxyl groups excluding tert-OH is 2. The van der Waals surface area contributed by atoms with Gasteiger partial charge < -0.3 is 50.8 Å². The minimum atomic E-state index is -0.444. The van der Waals surface area contributed by atoms with Crippen LogP contribution in [-0.4, -0.2) is 159 Å². The van der Waals surface area contributed by atoms with E-state index in [0.717, 1.165) is 104 Å². The van der Waals surface area contributed by atoms with Crippen molar-refractivity contribution in [1.29, 1.82) is 0 Å². The van der Waals surface area contributed by atoms with Crippen molar-refractivity contribution in [2.24, 2.45) is 11.5 Å². The van der Waals surface area contributed by atoms with Crippen molar-refractivity contribution >= 4 is 11.9 Å². The zero-order valence-electron chi connectivity index (χ0n) is 82.8. The van der Waals surface area contributed by atoms with E-state index in [9.17, 15) is 19.8 Å². The van der Waals surface area contributed by atoms with Gasteiger partial charge in [0.15, 0.2) is 0 Å². The smallest absolute Gasteiger partial charge is 0.307 e. The van der Waals surface area contributed by atoms with E-state index in [1.54, 1.807) is 0 Å². The number of esters is 2. The number of hydrogen-bond acceptors (Lipinski definition) is 12. The van der Waals surface area contributed by atoms with Gasteiger partial charge in [-0.25, -0.2) is 0 Å². The summed E-state index contributed by atoms with van der Waals surface area (Å²) in [4.78, 5) is 35.5. The summed E-state index contributed by atoms with van der Waals surface area (Å²) in [6.07, 6.45) is 103. The SMILES string of the molecule is CC.CCCCCCCCCCCCCCCOC(=O)CCN(CCCCCCCCCCCCCC)CCCCN(CCCCCCCCCCCCCC)CC(O)CN.CCCCCCCCCCCCCCOC(=O)CCN(CCCCCCCCCCCCCC)CCCCN(CCCCCCCCCCCCCC)CC(O)CN. The minimum absolute atomic E-state index is 0.0204. The fourth-order valence-electron chi connectivity index (χ4n) is 17.1. The molecular weight excluding hydrogens is 1470 g/mol. The van der Waals surface area contributed by atoms with E-state index < -0.39 is 12.2 Å². The van der Waals surface area contributed by atoms with Crippen molar-refractivity contribution in [2.75, 3.05) is 105 Å². The number of nitrogens with zero attached hydrogens (tertiary/aromatic N) is 4. The highest BCUT2D eigenvalue weighted by atomic mass is 16.5. The van der Waals surface area contributed by atoms with Crippen LogP contribution in [0, 0.1) is 0 Å². The Bertz CT molecular complexity index is 1840. The normalized spacial score (nSPS) is 12.2. The summed E-state index contributed by atoms with van der Waals surface area (Å²) in [5.74, 6) is -0.0416. The third-order valence-electron chi connectivity index (χ3n) is 25.2. The molecule has 0 heterocycles. The summed E-state index contributed by atoms with van der Waals surface area (Å²) in [7, 11) is 0. The highest BCUT2D eigenvalue weighted by molar-refractivity contribution is 5.69. The first-order valence-electron chi connectivity index (χ1n) is 54.6. The summed E-state index contributed by atoms with van der Waals surface area (Å²) >= 11 is 0. The zero-order valence-corrected chi connectivity index (χ0v) is 82.8. The van der Waals surface area contributed by atoms with Crippen LogP contribution in [0.2, 0.25) is 0 Å². The van der Waals surface area contributed by atoms with Crippen LogP contribution >= 0.6 is 0 Å². The molecule has 0 saturated heterocycles. The van der Waals surface area contributed by atoms with E-state index in [1.165, 1.54) is 456 Å². The number of ether oxygens (including phenoxy) is 2. The molecule has 0 aromatic carbocycles. The number of carbonyl (C=O) groups excluding carboxylic acids is 2. The monoisotopic (exact) mass is 1690 g/mol. The predicted octanol–water partition coefficient (Wildman–Crippen LogP) is 30.9. The molecule has 716 valence electrons. The van der Waals surface area contributed by atoms with Crippen LogP contribution in [0.3, 0.4) is 0 Å². The van der Waals surface area contributed by atoms with Gasteiger partial charge in [0.2, 0.25) is 0 Å². The fraction of sp³-hybridized carbons (Fsp3) is 0.981. The first-order valence-corrected chi connectivity index (χ1v) is 54.6. The molecule has 0 spiro atoms. The average molecular weight is 1690 g/mol. The van der Waals surface area contributed by atoms with Gasteiger partial charge in [0, 0.05) is 39.3 Å². The van der Waals surface area contributed by atoms with Crippen LogP contribution in [0.4, 0.5) is 0 Å². The number of carbonyl (C=O) groups is 2. The molecular formula is C107H222N6O6. The fourth-order valence-corrected chi connectivity index (χ4v) is 17.1. The number of nitrogens with two attached hydrogens (primary N) is 2. The second-order valence-corrected chi connectivity index (χ2v) is 37.1. The molecule has 0 radical (unpaired) electrons. The van der Waals surface area contributed by atoms with E-state index in [0.29, 0.717) is 52.2 Å². The lowest BCUT2D eigenvalue weighted by Gasteiger charge is -2.26. The van der Waals surface area contributed by atoms with Gasteiger partial charge in [-0.05, 0) is 117 Å². The standard InChI is InChI=1S/C53H109N3O3.C52H107N3O3.C2H6/c1-4-7-10-13-16-19-22-25-28-31-34-37-42-49-59-53(58)43-48-55(44-38-35-32-29-26-23-20-17-14-11-8-5-2)45-40-41-47-56(51-52(57)50-54)46-39-36-33-30-27-24-21-18-15-12-9-6-3;1-4-7-10-13-16-19-22-25-28-31-34-37-43-54(47-42-52(57)58-48-41-36-33-30-27-24-21-18-15-12-9-6-3)44-39-40-46-55(50-51(56)49-53)45-38-35-32-29-26-23-20-17-14-11-8-5-2;1-2/h52,57H,4-51,54H2,1-3H3;51,56H,4-50,53H2,1-3H3;1-2H3. The number of rotatable bonds is 101. The van der Waals surface area contributed by atoms with Gasteiger partial charge in [0.25, 0.3) is 0 Å². The van der Waals surface area contributed by atoms with Crippen LogP contribution in [0.25, 0.3) is 0 Å². The van der Waals surface area contributed by atoms with Gasteiger partial charge in [0.1, 0.15) is 0 Å². The topological polar surface area (TPSA) is 158 Å². The first-order chi connectivity index (χ1) is 58.6. The lowest BCUT2D eigenvalue weighted by molar-refractivity contribution is -0.145. The molecule has 2 atom stereocenters. The molecule has 6 N–H and O–H groups in total. The third-order valence-corrected chi connectivity index (χ3v) is 25.2. The van der Waals surface area contributed by atoms with Gasteiger partial charge in [-0.3, -0.25) is 9.59 Å². The maximum atomic E-state index is 12.8. The Kier molecular flexibility index (Phi) is 111. The Balaban J connectivity index is -0.00000222. The first kappa shape index (κ1) is 122. The predicted molar refractivity (Wildman–Crippen MR) is 528 cm³/mol. The third kappa shape index (κ3) is 104. The molecule has 12 nitrogen and oxygen atoms in total. The Morgan fingerprint density at radius 2 is 0.345 bits per heavy atom. The number of unbranched alkanes of at least 4 members (excludes halogenated alkanes) is 69. The largest absolute Gasteiger partial charge is 0.466 e. The van der Waals surface area contributed by atoms with Gasteiger partial charge >= 0.3 is 11.9 Å². The van der Waals surface area contributed by atoms with Gasteiger partial charge in [-0.1, -0.05) is 486 Å². The second kappa shape index (κ2) is 109. The summed E-state index contributed by atoms with van der Waals surface area (Å²) in [5.41, 5.74) is 11.7. The Morgan fingerprint density at radius 3 is 0.504 bits per heavy atom. The summed E-state index contributed by atoms with van der Waals surface area (Å²) in [5, 5.41) is 20.8. The van der Waals surface area contributed by atoms with Crippen LogP contribution in [0.15, 0.2) is 0 Å². The Morgan fingerprint density at radius 1 is 0.210 bits per heavy atom. The van der Waals surface area contributed by atoms with Gasteiger partial charge in [-0.2, -0.15) is 0 Å². The molecule has 12 heteroatoms. The Labute approximate surface area is 747 Å². The van der Waals surface area contributed by atoms with Crippen molar-refractivity contribution in [2.45, 2.75) is 575 Å². The van der Waals surface area contributed by atoms with Gasteiger partial charge in [-0.15, -0.1) is 0 Å². The van der Waals surface area contributed by atoms with E-state index in [4.69, 9.17) is 20.9 Å². The highest BCUT2D eigenvalue weighted by Gasteiger charge is 2.16. The summed E-state index contributed by atoms with van der Waals surface area (Å²) in [6.45, 7) is 30.9. The lowest BCUT2D eigenvalue weighted by atomic mass is 10.0. The molecule has 0 fully saturated rings. The van der Waals surface area contributed by atoms with E-state index in [2.05, 4.69) is 61.1 Å². The number of hydrogen-bond donors (Lipinski definition) is 4. The van der Waals surface area contributed by atoms with Crippen molar-refractivity contribution in [1.82, 2.24) is 19.6 Å². The van der Waals surface area contributed by atoms with Crippen molar-refractivity contribution < 1.29 is 29.3 Å². The average Bonchev–Trinajstić information content (AvgIpc) is 0.962. The molecule has 0 rings (SSSR count). The molecule has 0 saturated carbocycles. The van der Waals surface area contributed by atoms with Crippen molar-refractivity contribution in [3.8, 4) is 0 Å². The Hall–Kier alpha value is -1.38. The van der Waals surface area contributed by atoms with Gasteiger partial charge in [0.05, 0.1) is 38.3 Å². The molecule has 119 heavy (non-hydrogen) atoms. The highest BCUT2D eigenvalue weighted by Crippen LogP contribution is 2.21. The second-order valence-electron chi connectivity index (χ2n) is 37.1. The van der Waals surface area contributed by atoms with Crippen LogP contribution < -0.4 is 11.5 Å². The summed E-state index contributed by atoms with van der Waals surface area (Å²) in [6, 6.07) is 0. The molecule has 2 unspecified atom stereocenters. The van der Waals surface area contributed by atoms with E-state index in [1.807, 2.05) is 13.8 Å². The lowest BCUT2D eigenvalue weighted by Crippen LogP contribution is -2.38. The van der Waals surface area contributed by atoms with Crippen LogP contribution in [0.1, 0.15) is 563 Å². The van der Waals surface area contributed by atoms with Crippen molar-refractivity contribution in [3.05, 3.63) is 0 Å². The maximum Gasteiger partial charge on any atom is 0.307 e. The molecule has 0 aliphatic rings. The van der Waals surface area contributed by atoms with Crippen LogP contribution in [-0.2, 0) is 19.1 Å². The molecule has 0 bridgehead atoms. The van der Waals surface area contributed by atoms with E-state index >= 15 is 0 Å². The zero-order chi connectivity index (χ0) is 87.2.